The van der Waals surface area contributed by atoms with Gasteiger partial charge in [-0.25, -0.2) is 4.79 Å². The SMILES string of the molecule is COC(=O)C[C@@H](c1ccc(C(=O)O)cc1)c1c(O)cc(C)n(CCc2ccc(O)cc2)c1=O. The molecule has 1 aromatic heterocycles. The molecule has 3 aromatic rings. The maximum atomic E-state index is 13.5. The van der Waals surface area contributed by atoms with Crippen LogP contribution in [-0.4, -0.2) is 38.9 Å². The molecular weight excluding hydrogens is 426 g/mol. The fraction of sp³-hybridized carbons (Fsp3) is 0.240. The fourth-order valence-electron chi connectivity index (χ4n) is 3.77. The second-order valence-electron chi connectivity index (χ2n) is 7.72. The Morgan fingerprint density at radius 1 is 1.03 bits per heavy atom. The van der Waals surface area contributed by atoms with Crippen LogP contribution in [0, 0.1) is 6.92 Å². The Bertz CT molecular complexity index is 1210. The van der Waals surface area contributed by atoms with E-state index in [4.69, 9.17) is 9.84 Å². The Morgan fingerprint density at radius 2 is 1.67 bits per heavy atom. The van der Waals surface area contributed by atoms with Crippen molar-refractivity contribution in [3.05, 3.63) is 92.9 Å². The van der Waals surface area contributed by atoms with E-state index < -0.39 is 23.4 Å². The molecule has 0 bridgehead atoms. The van der Waals surface area contributed by atoms with E-state index in [1.807, 2.05) is 0 Å². The summed E-state index contributed by atoms with van der Waals surface area (Å²) in [5.41, 5.74) is 1.64. The van der Waals surface area contributed by atoms with Crippen molar-refractivity contribution in [2.75, 3.05) is 7.11 Å². The van der Waals surface area contributed by atoms with Crippen LogP contribution in [0.5, 0.6) is 11.5 Å². The number of phenolic OH excluding ortho intramolecular Hbond substituents is 1. The standard InChI is InChI=1S/C25H25NO7/c1-15-13-21(28)23(24(30)26(15)12-11-16-3-9-19(27)10-4-16)20(14-22(29)33-2)17-5-7-18(8-6-17)25(31)32/h3-10,13,20,27-28H,11-12,14H2,1-2H3,(H,31,32)/t20-/m0/s1. The van der Waals surface area contributed by atoms with Crippen molar-refractivity contribution >= 4 is 11.9 Å². The van der Waals surface area contributed by atoms with Gasteiger partial charge in [-0.05, 0) is 54.8 Å². The summed E-state index contributed by atoms with van der Waals surface area (Å²) in [6.07, 6.45) is 0.312. The third-order valence-electron chi connectivity index (χ3n) is 5.59. The number of esters is 1. The Balaban J connectivity index is 2.04. The molecule has 172 valence electrons. The smallest absolute Gasteiger partial charge is 0.335 e. The summed E-state index contributed by atoms with van der Waals surface area (Å²) in [5.74, 6) is -2.58. The van der Waals surface area contributed by atoms with Crippen LogP contribution in [0.4, 0.5) is 0 Å². The lowest BCUT2D eigenvalue weighted by atomic mass is 9.88. The van der Waals surface area contributed by atoms with Crippen LogP contribution < -0.4 is 5.56 Å². The highest BCUT2D eigenvalue weighted by atomic mass is 16.5. The third kappa shape index (κ3) is 5.41. The molecule has 2 aromatic carbocycles. The molecule has 3 N–H and O–H groups in total. The van der Waals surface area contributed by atoms with Crippen molar-refractivity contribution in [3.63, 3.8) is 0 Å². The van der Waals surface area contributed by atoms with Crippen molar-refractivity contribution in [2.24, 2.45) is 0 Å². The number of pyridine rings is 1. The molecule has 0 spiro atoms. The Labute approximate surface area is 190 Å². The number of phenols is 1. The van der Waals surface area contributed by atoms with Crippen LogP contribution in [0.1, 0.15) is 45.1 Å². The molecule has 33 heavy (non-hydrogen) atoms. The zero-order valence-electron chi connectivity index (χ0n) is 18.3. The summed E-state index contributed by atoms with van der Waals surface area (Å²) in [5, 5.41) is 29.3. The van der Waals surface area contributed by atoms with Gasteiger partial charge in [0.25, 0.3) is 5.56 Å². The first-order chi connectivity index (χ1) is 15.7. The lowest BCUT2D eigenvalue weighted by molar-refractivity contribution is -0.140. The maximum Gasteiger partial charge on any atom is 0.335 e. The second-order valence-corrected chi connectivity index (χ2v) is 7.72. The number of aromatic nitrogens is 1. The van der Waals surface area contributed by atoms with Crippen molar-refractivity contribution in [1.29, 1.82) is 0 Å². The van der Waals surface area contributed by atoms with E-state index >= 15 is 0 Å². The van der Waals surface area contributed by atoms with Crippen molar-refractivity contribution in [1.82, 2.24) is 4.57 Å². The van der Waals surface area contributed by atoms with Gasteiger partial charge in [-0.2, -0.15) is 0 Å². The van der Waals surface area contributed by atoms with Crippen molar-refractivity contribution in [2.45, 2.75) is 32.2 Å². The number of ether oxygens (including phenoxy) is 1. The van der Waals surface area contributed by atoms with E-state index in [2.05, 4.69) is 0 Å². The molecule has 0 amide bonds. The van der Waals surface area contributed by atoms with Gasteiger partial charge in [-0.3, -0.25) is 9.59 Å². The van der Waals surface area contributed by atoms with Crippen LogP contribution in [0.3, 0.4) is 0 Å². The minimum absolute atomic E-state index is 0.0415. The molecular formula is C25H25NO7. The number of aromatic carboxylic acids is 1. The Kier molecular flexibility index (Phi) is 7.17. The average Bonchev–Trinajstić information content (AvgIpc) is 2.79. The van der Waals surface area contributed by atoms with E-state index in [1.54, 1.807) is 31.2 Å². The molecule has 0 fully saturated rings. The first-order valence-corrected chi connectivity index (χ1v) is 10.3. The molecule has 0 aliphatic rings. The number of carboxylic acids is 1. The van der Waals surface area contributed by atoms with E-state index in [0.29, 0.717) is 24.2 Å². The fourth-order valence-corrected chi connectivity index (χ4v) is 3.77. The zero-order chi connectivity index (χ0) is 24.1. The minimum atomic E-state index is -1.10. The number of hydrogen-bond acceptors (Lipinski definition) is 6. The lowest BCUT2D eigenvalue weighted by Gasteiger charge is -2.20. The predicted molar refractivity (Wildman–Crippen MR) is 121 cm³/mol. The normalized spacial score (nSPS) is 11.7. The lowest BCUT2D eigenvalue weighted by Crippen LogP contribution is -2.29. The Morgan fingerprint density at radius 3 is 2.24 bits per heavy atom. The van der Waals surface area contributed by atoms with Crippen molar-refractivity contribution in [3.8, 4) is 11.5 Å². The number of aryl methyl sites for hydroxylation is 2. The number of carboxylic acid groups (broad SMARTS) is 1. The second kappa shape index (κ2) is 10.0. The summed E-state index contributed by atoms with van der Waals surface area (Å²) in [6.45, 7) is 2.03. The molecule has 0 saturated carbocycles. The molecule has 8 nitrogen and oxygen atoms in total. The highest BCUT2D eigenvalue weighted by Gasteiger charge is 2.26. The van der Waals surface area contributed by atoms with Gasteiger partial charge >= 0.3 is 11.9 Å². The van der Waals surface area contributed by atoms with Gasteiger partial charge in [0.1, 0.15) is 11.5 Å². The topological polar surface area (TPSA) is 126 Å². The monoisotopic (exact) mass is 451 g/mol. The van der Waals surface area contributed by atoms with Gasteiger partial charge in [0, 0.05) is 18.2 Å². The predicted octanol–water partition coefficient (Wildman–Crippen LogP) is 3.20. The van der Waals surface area contributed by atoms with Crippen LogP contribution >= 0.6 is 0 Å². The van der Waals surface area contributed by atoms with Gasteiger partial charge in [0.15, 0.2) is 0 Å². The summed E-state index contributed by atoms with van der Waals surface area (Å²) < 4.78 is 6.32. The van der Waals surface area contributed by atoms with Crippen LogP contribution in [-0.2, 0) is 22.5 Å². The molecule has 0 aliphatic carbocycles. The van der Waals surface area contributed by atoms with Crippen LogP contribution in [0.25, 0.3) is 0 Å². The van der Waals surface area contributed by atoms with Crippen LogP contribution in [0.2, 0.25) is 0 Å². The van der Waals surface area contributed by atoms with Gasteiger partial charge in [0.2, 0.25) is 0 Å². The molecule has 0 aliphatic heterocycles. The summed E-state index contributed by atoms with van der Waals surface area (Å²) in [4.78, 5) is 36.8. The minimum Gasteiger partial charge on any atom is -0.508 e. The first-order valence-electron chi connectivity index (χ1n) is 10.3. The molecule has 1 heterocycles. The van der Waals surface area contributed by atoms with Crippen molar-refractivity contribution < 1.29 is 29.6 Å². The van der Waals surface area contributed by atoms with E-state index in [9.17, 15) is 24.6 Å². The summed E-state index contributed by atoms with van der Waals surface area (Å²) in [6, 6.07) is 14.0. The first kappa shape index (κ1) is 23.6. The number of hydrogen-bond donors (Lipinski definition) is 3. The Hall–Kier alpha value is -4.07. The van der Waals surface area contributed by atoms with Crippen LogP contribution in [0.15, 0.2) is 59.4 Å². The number of rotatable bonds is 8. The van der Waals surface area contributed by atoms with Gasteiger partial charge in [0.05, 0.1) is 24.7 Å². The average molecular weight is 451 g/mol. The number of carbonyl (C=O) groups is 2. The largest absolute Gasteiger partial charge is 0.508 e. The molecule has 8 heteroatoms. The third-order valence-corrected chi connectivity index (χ3v) is 5.59. The molecule has 0 saturated heterocycles. The van der Waals surface area contributed by atoms with E-state index in [1.165, 1.54) is 42.0 Å². The number of aromatic hydroxyl groups is 2. The quantitative estimate of drug-likeness (QED) is 0.449. The van der Waals surface area contributed by atoms with Gasteiger partial charge in [-0.15, -0.1) is 0 Å². The zero-order valence-corrected chi connectivity index (χ0v) is 18.3. The highest BCUT2D eigenvalue weighted by molar-refractivity contribution is 5.87. The van der Waals surface area contributed by atoms with E-state index in [-0.39, 0.29) is 29.0 Å². The molecule has 0 radical (unpaired) electrons. The molecule has 3 rings (SSSR count). The maximum absolute atomic E-state index is 13.5. The van der Waals surface area contributed by atoms with Gasteiger partial charge in [-0.1, -0.05) is 24.3 Å². The number of carbonyl (C=O) groups excluding carboxylic acids is 1. The highest BCUT2D eigenvalue weighted by Crippen LogP contribution is 2.32. The molecule has 0 unspecified atom stereocenters. The summed E-state index contributed by atoms with van der Waals surface area (Å²) in [7, 11) is 1.23. The number of methoxy groups -OCH3 is 1. The number of nitrogens with zero attached hydrogens (tertiary/aromatic N) is 1. The van der Waals surface area contributed by atoms with E-state index in [0.717, 1.165) is 5.56 Å². The van der Waals surface area contributed by atoms with Gasteiger partial charge < -0.3 is 24.6 Å². The summed E-state index contributed by atoms with van der Waals surface area (Å²) >= 11 is 0. The molecule has 1 atom stereocenters. The number of benzene rings is 2.